The van der Waals surface area contributed by atoms with E-state index in [0.29, 0.717) is 43.9 Å². The van der Waals surface area contributed by atoms with Gasteiger partial charge in [-0.3, -0.25) is 9.56 Å². The van der Waals surface area contributed by atoms with Crippen LogP contribution in [0.25, 0.3) is 0 Å². The van der Waals surface area contributed by atoms with Crippen LogP contribution in [0, 0.1) is 0 Å². The van der Waals surface area contributed by atoms with Crippen molar-refractivity contribution in [1.29, 1.82) is 0 Å². The van der Waals surface area contributed by atoms with Crippen LogP contribution in [0.4, 0.5) is 0 Å². The molecule has 32 heavy (non-hydrogen) atoms. The lowest BCUT2D eigenvalue weighted by atomic mass is 10.0. The summed E-state index contributed by atoms with van der Waals surface area (Å²) < 4.78 is 24.9. The average Bonchev–Trinajstić information content (AvgIpc) is 3.50. The molecule has 0 aromatic carbocycles. The second-order valence-corrected chi connectivity index (χ2v) is 9.93. The van der Waals surface area contributed by atoms with Crippen LogP contribution < -0.4 is 0 Å². The van der Waals surface area contributed by atoms with Crippen molar-refractivity contribution in [3.63, 3.8) is 0 Å². The first kappa shape index (κ1) is 23.1. The molecule has 0 aliphatic carbocycles. The fourth-order valence-electron chi connectivity index (χ4n) is 4.38. The first-order valence-electron chi connectivity index (χ1n) is 11.6. The van der Waals surface area contributed by atoms with Gasteiger partial charge in [-0.1, -0.05) is 12.2 Å². The molecule has 4 rings (SSSR count). The normalized spacial score (nSPS) is 21.8. The Morgan fingerprint density at radius 1 is 1.00 bits per heavy atom. The Kier molecular flexibility index (Phi) is 6.56. The Morgan fingerprint density at radius 3 is 2.25 bits per heavy atom. The maximum atomic E-state index is 10.6. The fraction of sp³-hybridized carbons (Fsp3) is 0.708. The summed E-state index contributed by atoms with van der Waals surface area (Å²) >= 11 is 0. The minimum atomic E-state index is -0.407. The van der Waals surface area contributed by atoms with Gasteiger partial charge in [0.05, 0.1) is 35.5 Å². The van der Waals surface area contributed by atoms with Crippen molar-refractivity contribution in [2.75, 3.05) is 26.4 Å². The van der Waals surface area contributed by atoms with E-state index in [2.05, 4.69) is 18.8 Å². The zero-order valence-electron chi connectivity index (χ0n) is 19.6. The van der Waals surface area contributed by atoms with Crippen molar-refractivity contribution >= 4 is 5.90 Å². The molecule has 4 heterocycles. The minimum absolute atomic E-state index is 0.0913. The molecule has 0 saturated carbocycles. The van der Waals surface area contributed by atoms with Gasteiger partial charge in [-0.2, -0.15) is 0 Å². The smallest absolute Gasteiger partial charge is 0.200 e. The lowest BCUT2D eigenvalue weighted by molar-refractivity contribution is -0.0757. The Labute approximate surface area is 189 Å². The largest absolute Gasteiger partial charge is 0.494 e. The lowest BCUT2D eigenvalue weighted by Gasteiger charge is -2.30. The van der Waals surface area contributed by atoms with E-state index >= 15 is 0 Å². The van der Waals surface area contributed by atoms with E-state index in [-0.39, 0.29) is 29.6 Å². The molecule has 0 saturated heterocycles. The summed E-state index contributed by atoms with van der Waals surface area (Å²) in [4.78, 5) is 4.30. The van der Waals surface area contributed by atoms with Crippen LogP contribution in [0.15, 0.2) is 17.1 Å². The third-order valence-electron chi connectivity index (χ3n) is 6.42. The summed E-state index contributed by atoms with van der Waals surface area (Å²) in [5.74, 6) is 1.03. The van der Waals surface area contributed by atoms with Crippen LogP contribution in [0.5, 0.6) is 11.8 Å². The molecular weight excluding hydrogens is 412 g/mol. The molecular formula is C24H36N2O6. The molecule has 2 bridgehead atoms. The molecule has 0 amide bonds. The van der Waals surface area contributed by atoms with Crippen LogP contribution >= 0.6 is 0 Å². The second kappa shape index (κ2) is 9.08. The molecule has 3 aliphatic heterocycles. The highest BCUT2D eigenvalue weighted by molar-refractivity contribution is 5.77. The summed E-state index contributed by atoms with van der Waals surface area (Å²) in [5.41, 5.74) is 0.701. The topological polar surface area (TPSA) is 94.7 Å². The monoisotopic (exact) mass is 448 g/mol. The van der Waals surface area contributed by atoms with Crippen molar-refractivity contribution < 1.29 is 29.2 Å². The van der Waals surface area contributed by atoms with Gasteiger partial charge < -0.3 is 29.2 Å². The van der Waals surface area contributed by atoms with Crippen molar-refractivity contribution in [1.82, 2.24) is 4.57 Å². The van der Waals surface area contributed by atoms with Gasteiger partial charge in [0.1, 0.15) is 18.8 Å². The molecule has 1 aromatic heterocycles. The summed E-state index contributed by atoms with van der Waals surface area (Å²) in [5, 5.41) is 21.2. The maximum absolute atomic E-state index is 10.6. The summed E-state index contributed by atoms with van der Waals surface area (Å²) in [7, 11) is 0. The van der Waals surface area contributed by atoms with E-state index in [1.165, 1.54) is 0 Å². The van der Waals surface area contributed by atoms with Gasteiger partial charge in [-0.15, -0.1) is 0 Å². The summed E-state index contributed by atoms with van der Waals surface area (Å²) in [6.45, 7) is 11.4. The van der Waals surface area contributed by atoms with Gasteiger partial charge in [0.25, 0.3) is 0 Å². The van der Waals surface area contributed by atoms with Gasteiger partial charge in [0, 0.05) is 19.6 Å². The molecule has 2 atom stereocenters. The Bertz CT molecular complexity index is 850. The zero-order chi connectivity index (χ0) is 22.9. The number of aromatic nitrogens is 1. The molecule has 8 heteroatoms. The number of nitrogens with zero attached hydrogens (tertiary/aromatic N) is 2. The number of hydrogen-bond donors (Lipinski definition) is 2. The number of ether oxygens (including phenoxy) is 4. The standard InChI is InChI=1S/C24H36N2O6/c1-23(2,31-14-10-24(3,4)30-13-5-6-18-25-11-15-29-18)9-12-26-21(27)19-16-7-8-17(32-16)20(19)22(26)28/h7-8,16-17,27-28H,5-6,9-15H2,1-4H3. The first-order valence-corrected chi connectivity index (χ1v) is 11.6. The Balaban J connectivity index is 1.20. The van der Waals surface area contributed by atoms with E-state index in [4.69, 9.17) is 18.9 Å². The molecule has 0 radical (unpaired) electrons. The second-order valence-electron chi connectivity index (χ2n) is 9.93. The Morgan fingerprint density at radius 2 is 1.62 bits per heavy atom. The van der Waals surface area contributed by atoms with E-state index in [9.17, 15) is 10.2 Å². The van der Waals surface area contributed by atoms with Gasteiger partial charge in [0.2, 0.25) is 11.8 Å². The van der Waals surface area contributed by atoms with E-state index < -0.39 is 5.60 Å². The molecule has 1 aromatic rings. The summed E-state index contributed by atoms with van der Waals surface area (Å²) in [6.07, 6.45) is 6.47. The highest BCUT2D eigenvalue weighted by Gasteiger charge is 2.42. The summed E-state index contributed by atoms with van der Waals surface area (Å²) in [6, 6.07) is 0. The van der Waals surface area contributed by atoms with E-state index in [0.717, 1.165) is 31.7 Å². The van der Waals surface area contributed by atoms with Gasteiger partial charge in [0.15, 0.2) is 5.90 Å². The van der Waals surface area contributed by atoms with Gasteiger partial charge in [-0.05, 0) is 47.0 Å². The van der Waals surface area contributed by atoms with Crippen LogP contribution in [0.2, 0.25) is 0 Å². The Hall–Kier alpha value is -2.03. The van der Waals surface area contributed by atoms with Gasteiger partial charge >= 0.3 is 0 Å². The first-order chi connectivity index (χ1) is 15.2. The van der Waals surface area contributed by atoms with E-state index in [1.54, 1.807) is 4.57 Å². The lowest BCUT2D eigenvalue weighted by Crippen LogP contribution is -2.32. The highest BCUT2D eigenvalue weighted by atomic mass is 16.5. The quantitative estimate of drug-likeness (QED) is 0.368. The molecule has 0 spiro atoms. The third-order valence-corrected chi connectivity index (χ3v) is 6.42. The van der Waals surface area contributed by atoms with Crippen LogP contribution in [0.3, 0.4) is 0 Å². The van der Waals surface area contributed by atoms with E-state index in [1.807, 2.05) is 26.0 Å². The van der Waals surface area contributed by atoms with Crippen molar-refractivity contribution in [3.8, 4) is 11.8 Å². The predicted molar refractivity (Wildman–Crippen MR) is 120 cm³/mol. The van der Waals surface area contributed by atoms with Crippen molar-refractivity contribution in [2.45, 2.75) is 83.3 Å². The molecule has 178 valence electrons. The molecule has 8 nitrogen and oxygen atoms in total. The SMILES string of the molecule is CC(C)(CCOC(C)(C)CCn1c(O)c2c(c1O)C1C=CC2O1)OCCCC1=NCCO1. The molecule has 2 N–H and O–H groups in total. The third kappa shape index (κ3) is 4.97. The van der Waals surface area contributed by atoms with Gasteiger partial charge in [-0.25, -0.2) is 0 Å². The number of aromatic hydroxyl groups is 2. The number of fused-ring (bicyclic) bond motifs is 5. The van der Waals surface area contributed by atoms with Crippen molar-refractivity contribution in [3.05, 3.63) is 23.3 Å². The number of aliphatic imine (C=N–C) groups is 1. The number of rotatable bonds is 12. The van der Waals surface area contributed by atoms with Crippen LogP contribution in [-0.4, -0.2) is 58.2 Å². The fourth-order valence-corrected chi connectivity index (χ4v) is 4.38. The van der Waals surface area contributed by atoms with Crippen LogP contribution in [0.1, 0.15) is 76.7 Å². The number of hydrogen-bond acceptors (Lipinski definition) is 7. The molecule has 0 fully saturated rings. The van der Waals surface area contributed by atoms with Crippen molar-refractivity contribution in [2.24, 2.45) is 4.99 Å². The maximum Gasteiger partial charge on any atom is 0.200 e. The minimum Gasteiger partial charge on any atom is -0.494 e. The highest BCUT2D eigenvalue weighted by Crippen LogP contribution is 2.54. The average molecular weight is 449 g/mol. The van der Waals surface area contributed by atoms with Crippen LogP contribution in [-0.2, 0) is 25.5 Å². The molecule has 3 aliphatic rings. The zero-order valence-corrected chi connectivity index (χ0v) is 19.6. The predicted octanol–water partition coefficient (Wildman–Crippen LogP) is 4.16. The molecule has 2 unspecified atom stereocenters.